The van der Waals surface area contributed by atoms with Crippen molar-refractivity contribution < 1.29 is 9.47 Å². The van der Waals surface area contributed by atoms with Crippen molar-refractivity contribution in [3.63, 3.8) is 0 Å². The van der Waals surface area contributed by atoms with Gasteiger partial charge in [0, 0.05) is 11.1 Å². The van der Waals surface area contributed by atoms with E-state index in [0.29, 0.717) is 11.0 Å². The third-order valence-electron chi connectivity index (χ3n) is 2.63. The van der Waals surface area contributed by atoms with Gasteiger partial charge in [-0.3, -0.25) is 0 Å². The molecule has 4 heteroatoms. The van der Waals surface area contributed by atoms with Crippen molar-refractivity contribution in [2.45, 2.75) is 0 Å². The maximum Gasteiger partial charge on any atom is 0.222 e. The van der Waals surface area contributed by atoms with Gasteiger partial charge >= 0.3 is 0 Å². The number of hydrogen-bond acceptors (Lipinski definition) is 3. The van der Waals surface area contributed by atoms with Crippen LogP contribution in [-0.4, -0.2) is 19.2 Å². The fraction of sp³-hybridized carbons (Fsp3) is 0.133. The predicted molar refractivity (Wildman–Crippen MR) is 76.3 cm³/mol. The Hall–Kier alpha value is -2.00. The lowest BCUT2D eigenvalue weighted by atomic mass is 10.0. The highest BCUT2D eigenvalue weighted by molar-refractivity contribution is 6.29. The van der Waals surface area contributed by atoms with E-state index in [4.69, 9.17) is 21.1 Å². The highest BCUT2D eigenvalue weighted by Crippen LogP contribution is 2.30. The standard InChI is InChI=1S/C15H14ClNO2/c1-18-10-13(11-6-4-3-5-7-11)12-8-9-14(16)17-15(12)19-2/h3-10H,1-2H3. The zero-order valence-corrected chi connectivity index (χ0v) is 11.5. The van der Waals surface area contributed by atoms with E-state index in [1.165, 1.54) is 0 Å². The predicted octanol–water partition coefficient (Wildman–Crippen LogP) is 3.78. The molecule has 0 saturated carbocycles. The molecule has 3 nitrogen and oxygen atoms in total. The quantitative estimate of drug-likeness (QED) is 0.629. The molecule has 0 aliphatic heterocycles. The van der Waals surface area contributed by atoms with Crippen LogP contribution in [0.15, 0.2) is 48.7 Å². The number of halogens is 1. The van der Waals surface area contributed by atoms with Gasteiger partial charge in [-0.1, -0.05) is 41.9 Å². The summed E-state index contributed by atoms with van der Waals surface area (Å²) in [5, 5.41) is 0.394. The summed E-state index contributed by atoms with van der Waals surface area (Å²) in [6.45, 7) is 0. The molecular formula is C15H14ClNO2. The monoisotopic (exact) mass is 275 g/mol. The van der Waals surface area contributed by atoms with Gasteiger partial charge in [-0.25, -0.2) is 4.98 Å². The van der Waals surface area contributed by atoms with Crippen LogP contribution in [-0.2, 0) is 4.74 Å². The summed E-state index contributed by atoms with van der Waals surface area (Å²) in [4.78, 5) is 4.17. The van der Waals surface area contributed by atoms with Crippen molar-refractivity contribution in [1.29, 1.82) is 0 Å². The summed E-state index contributed by atoms with van der Waals surface area (Å²) in [6.07, 6.45) is 1.67. The Kier molecular flexibility index (Phi) is 4.42. The van der Waals surface area contributed by atoms with Crippen LogP contribution in [0.4, 0.5) is 0 Å². The Labute approximate surface area is 117 Å². The SMILES string of the molecule is COC=C(c1ccccc1)c1ccc(Cl)nc1OC. The van der Waals surface area contributed by atoms with Gasteiger partial charge in [-0.05, 0) is 17.7 Å². The van der Waals surface area contributed by atoms with Crippen LogP contribution >= 0.6 is 11.6 Å². The summed E-state index contributed by atoms with van der Waals surface area (Å²) in [5.74, 6) is 0.472. The van der Waals surface area contributed by atoms with Gasteiger partial charge in [0.2, 0.25) is 5.88 Å². The third kappa shape index (κ3) is 3.06. The number of ether oxygens (including phenoxy) is 2. The molecule has 0 bridgehead atoms. The lowest BCUT2D eigenvalue weighted by Gasteiger charge is -2.11. The largest absolute Gasteiger partial charge is 0.504 e. The zero-order chi connectivity index (χ0) is 13.7. The molecular weight excluding hydrogens is 262 g/mol. The van der Waals surface area contributed by atoms with Crippen LogP contribution in [0.3, 0.4) is 0 Å². The number of methoxy groups -OCH3 is 2. The smallest absolute Gasteiger partial charge is 0.222 e. The lowest BCUT2D eigenvalue weighted by Crippen LogP contribution is -1.97. The van der Waals surface area contributed by atoms with Crippen molar-refractivity contribution in [3.05, 3.63) is 65.0 Å². The Balaban J connectivity index is 2.55. The van der Waals surface area contributed by atoms with E-state index in [1.54, 1.807) is 26.5 Å². The minimum atomic E-state index is 0.394. The molecule has 19 heavy (non-hydrogen) atoms. The van der Waals surface area contributed by atoms with Crippen LogP contribution in [0.25, 0.3) is 5.57 Å². The molecule has 2 rings (SSSR count). The van der Waals surface area contributed by atoms with Gasteiger partial charge in [0.15, 0.2) is 0 Å². The van der Waals surface area contributed by atoms with E-state index in [9.17, 15) is 0 Å². The van der Waals surface area contributed by atoms with E-state index in [2.05, 4.69) is 4.98 Å². The van der Waals surface area contributed by atoms with Crippen LogP contribution in [0.1, 0.15) is 11.1 Å². The van der Waals surface area contributed by atoms with E-state index in [-0.39, 0.29) is 0 Å². The summed E-state index contributed by atoms with van der Waals surface area (Å²) in [5.41, 5.74) is 2.75. The Morgan fingerprint density at radius 1 is 1.11 bits per heavy atom. The van der Waals surface area contributed by atoms with Gasteiger partial charge in [0.1, 0.15) is 5.15 Å². The van der Waals surface area contributed by atoms with Crippen molar-refractivity contribution >= 4 is 17.2 Å². The van der Waals surface area contributed by atoms with E-state index in [1.807, 2.05) is 36.4 Å². The maximum atomic E-state index is 5.88. The fourth-order valence-electron chi connectivity index (χ4n) is 1.80. The van der Waals surface area contributed by atoms with Crippen LogP contribution in [0.2, 0.25) is 5.15 Å². The van der Waals surface area contributed by atoms with Crippen LogP contribution in [0, 0.1) is 0 Å². The second-order valence-electron chi connectivity index (χ2n) is 3.82. The van der Waals surface area contributed by atoms with E-state index < -0.39 is 0 Å². The summed E-state index contributed by atoms with van der Waals surface area (Å²) in [6, 6.07) is 13.5. The van der Waals surface area contributed by atoms with Gasteiger partial charge in [-0.2, -0.15) is 0 Å². The first-order valence-corrected chi connectivity index (χ1v) is 6.13. The van der Waals surface area contributed by atoms with Crippen molar-refractivity contribution in [3.8, 4) is 5.88 Å². The first kappa shape index (κ1) is 13.4. The molecule has 0 atom stereocenters. The van der Waals surface area contributed by atoms with Crippen molar-refractivity contribution in [1.82, 2.24) is 4.98 Å². The molecule has 1 heterocycles. The number of aromatic nitrogens is 1. The molecule has 1 aromatic carbocycles. The summed E-state index contributed by atoms with van der Waals surface area (Å²) < 4.78 is 10.4. The second-order valence-corrected chi connectivity index (χ2v) is 4.21. The van der Waals surface area contributed by atoms with Crippen LogP contribution in [0.5, 0.6) is 5.88 Å². The van der Waals surface area contributed by atoms with Gasteiger partial charge in [-0.15, -0.1) is 0 Å². The molecule has 0 N–H and O–H groups in total. The maximum absolute atomic E-state index is 5.88. The Bertz CT molecular complexity index is 582. The van der Waals surface area contributed by atoms with Crippen molar-refractivity contribution in [2.75, 3.05) is 14.2 Å². The normalized spacial score (nSPS) is 11.2. The molecule has 0 aliphatic carbocycles. The average molecular weight is 276 g/mol. The number of hydrogen-bond donors (Lipinski definition) is 0. The molecule has 0 unspecified atom stereocenters. The molecule has 0 amide bonds. The van der Waals surface area contributed by atoms with E-state index in [0.717, 1.165) is 16.7 Å². The average Bonchev–Trinajstić information content (AvgIpc) is 2.46. The van der Waals surface area contributed by atoms with Gasteiger partial charge in [0.25, 0.3) is 0 Å². The molecule has 0 saturated heterocycles. The lowest BCUT2D eigenvalue weighted by molar-refractivity contribution is 0.339. The number of rotatable bonds is 4. The topological polar surface area (TPSA) is 31.4 Å². The van der Waals surface area contributed by atoms with Gasteiger partial charge < -0.3 is 9.47 Å². The van der Waals surface area contributed by atoms with E-state index >= 15 is 0 Å². The fourth-order valence-corrected chi connectivity index (χ4v) is 1.94. The third-order valence-corrected chi connectivity index (χ3v) is 2.84. The number of benzene rings is 1. The Morgan fingerprint density at radius 2 is 1.84 bits per heavy atom. The second kappa shape index (κ2) is 6.25. The minimum absolute atomic E-state index is 0.394. The first-order chi connectivity index (χ1) is 9.26. The first-order valence-electron chi connectivity index (χ1n) is 5.75. The molecule has 0 fully saturated rings. The highest BCUT2D eigenvalue weighted by Gasteiger charge is 2.13. The van der Waals surface area contributed by atoms with Crippen LogP contribution < -0.4 is 4.74 Å². The molecule has 0 spiro atoms. The summed E-state index contributed by atoms with van der Waals surface area (Å²) >= 11 is 5.88. The highest BCUT2D eigenvalue weighted by atomic mass is 35.5. The van der Waals surface area contributed by atoms with Gasteiger partial charge in [0.05, 0.1) is 20.5 Å². The Morgan fingerprint density at radius 3 is 2.47 bits per heavy atom. The molecule has 0 radical (unpaired) electrons. The molecule has 2 aromatic rings. The summed E-state index contributed by atoms with van der Waals surface area (Å²) in [7, 11) is 3.18. The minimum Gasteiger partial charge on any atom is -0.504 e. The molecule has 98 valence electrons. The van der Waals surface area contributed by atoms with Crippen molar-refractivity contribution in [2.24, 2.45) is 0 Å². The molecule has 0 aliphatic rings. The molecule has 1 aromatic heterocycles. The number of nitrogens with zero attached hydrogens (tertiary/aromatic N) is 1. The number of pyridine rings is 1. The zero-order valence-electron chi connectivity index (χ0n) is 10.8.